The quantitative estimate of drug-likeness (QED) is 0.561. The van der Waals surface area contributed by atoms with E-state index in [0.717, 1.165) is 19.3 Å². The van der Waals surface area contributed by atoms with E-state index < -0.39 is 0 Å². The van der Waals surface area contributed by atoms with E-state index in [1.165, 1.54) is 0 Å². The smallest absolute Gasteiger partial charge is 0.253 e. The first-order chi connectivity index (χ1) is 12.7. The number of likely N-dealkylation sites (tertiary alicyclic amines) is 1. The summed E-state index contributed by atoms with van der Waals surface area (Å²) in [4.78, 5) is 29.7. The zero-order valence-corrected chi connectivity index (χ0v) is 16.0. The first kappa shape index (κ1) is 21.2. The average molecular weight is 392 g/mol. The van der Waals surface area contributed by atoms with Crippen LogP contribution in [0.3, 0.4) is 0 Å². The van der Waals surface area contributed by atoms with Crippen molar-refractivity contribution in [1.82, 2.24) is 9.88 Å². The number of benzene rings is 1. The lowest BCUT2D eigenvalue weighted by Gasteiger charge is -2.32. The molecular weight excluding hydrogens is 366 g/mol. The van der Waals surface area contributed by atoms with Crippen molar-refractivity contribution in [2.75, 3.05) is 26.2 Å². The van der Waals surface area contributed by atoms with E-state index in [2.05, 4.69) is 4.98 Å². The number of hydrogen-bond acceptors (Lipinski definition) is 4. The van der Waals surface area contributed by atoms with Crippen molar-refractivity contribution in [3.8, 4) is 0 Å². The van der Waals surface area contributed by atoms with Gasteiger partial charge in [0.1, 0.15) is 0 Å². The highest BCUT2D eigenvalue weighted by Gasteiger charge is 2.24. The number of halogens is 1. The van der Waals surface area contributed by atoms with Gasteiger partial charge in [0.2, 0.25) is 0 Å². The molecule has 0 unspecified atom stereocenters. The number of H-pyrrole nitrogens is 1. The minimum absolute atomic E-state index is 0. The second kappa shape index (κ2) is 10.3. The lowest BCUT2D eigenvalue weighted by molar-refractivity contribution is 0.00844. The molecule has 2 aromatic rings. The highest BCUT2D eigenvalue weighted by Crippen LogP contribution is 2.18. The summed E-state index contributed by atoms with van der Waals surface area (Å²) < 4.78 is 5.78. The number of nitrogens with two attached hydrogens (primary N) is 1. The lowest BCUT2D eigenvalue weighted by atomic mass is 10.0. The summed E-state index contributed by atoms with van der Waals surface area (Å²) in [5.74, 6) is -0.0493. The third-order valence-corrected chi connectivity index (χ3v) is 4.69. The number of ether oxygens (including phenoxy) is 1. The van der Waals surface area contributed by atoms with Crippen LogP contribution in [0.1, 0.15) is 45.5 Å². The monoisotopic (exact) mass is 391 g/mol. The Kier molecular flexibility index (Phi) is 8.03. The van der Waals surface area contributed by atoms with Gasteiger partial charge in [0.25, 0.3) is 5.91 Å². The molecule has 1 aromatic heterocycles. The van der Waals surface area contributed by atoms with Crippen LogP contribution >= 0.6 is 12.4 Å². The molecule has 27 heavy (non-hydrogen) atoms. The van der Waals surface area contributed by atoms with Crippen LogP contribution in [-0.4, -0.2) is 53.9 Å². The van der Waals surface area contributed by atoms with Crippen molar-refractivity contribution in [1.29, 1.82) is 0 Å². The molecule has 0 atom stereocenters. The SMILES string of the molecule is Cl.NCCCOC1CCN(C(=O)c2ccc(C(=O)c3cc[nH]c3)cc2)CC1. The van der Waals surface area contributed by atoms with Crippen LogP contribution in [-0.2, 0) is 4.74 Å². The highest BCUT2D eigenvalue weighted by molar-refractivity contribution is 6.09. The molecule has 0 spiro atoms. The molecule has 1 fully saturated rings. The van der Waals surface area contributed by atoms with Gasteiger partial charge < -0.3 is 20.4 Å². The molecule has 0 radical (unpaired) electrons. The molecule has 0 saturated carbocycles. The number of hydrogen-bond donors (Lipinski definition) is 2. The van der Waals surface area contributed by atoms with Crippen molar-refractivity contribution >= 4 is 24.1 Å². The summed E-state index contributed by atoms with van der Waals surface area (Å²) >= 11 is 0. The number of piperidine rings is 1. The molecule has 146 valence electrons. The minimum Gasteiger partial charge on any atom is -0.378 e. The second-order valence-corrected chi connectivity index (χ2v) is 6.51. The second-order valence-electron chi connectivity index (χ2n) is 6.51. The fraction of sp³-hybridized carbons (Fsp3) is 0.400. The molecule has 2 heterocycles. The largest absolute Gasteiger partial charge is 0.378 e. The van der Waals surface area contributed by atoms with Crippen molar-refractivity contribution in [2.45, 2.75) is 25.4 Å². The molecule has 1 saturated heterocycles. The molecule has 1 aliphatic rings. The maximum atomic E-state index is 12.7. The summed E-state index contributed by atoms with van der Waals surface area (Å²) in [6.07, 6.45) is 6.16. The lowest BCUT2D eigenvalue weighted by Crippen LogP contribution is -2.41. The highest BCUT2D eigenvalue weighted by atomic mass is 35.5. The predicted octanol–water partition coefficient (Wildman–Crippen LogP) is 2.64. The summed E-state index contributed by atoms with van der Waals surface area (Å²) in [6, 6.07) is 8.62. The van der Waals surface area contributed by atoms with Crippen LogP contribution < -0.4 is 5.73 Å². The fourth-order valence-corrected chi connectivity index (χ4v) is 3.14. The van der Waals surface area contributed by atoms with E-state index in [1.54, 1.807) is 42.7 Å². The number of aromatic amines is 1. The van der Waals surface area contributed by atoms with Crippen LogP contribution in [0.5, 0.6) is 0 Å². The number of nitrogens with one attached hydrogen (secondary N) is 1. The summed E-state index contributed by atoms with van der Waals surface area (Å²) in [6.45, 7) is 2.71. The summed E-state index contributed by atoms with van der Waals surface area (Å²) in [5, 5.41) is 0. The maximum absolute atomic E-state index is 12.7. The molecule has 1 aromatic carbocycles. The topological polar surface area (TPSA) is 88.4 Å². The van der Waals surface area contributed by atoms with Crippen LogP contribution in [0.15, 0.2) is 42.7 Å². The van der Waals surface area contributed by atoms with Crippen molar-refractivity contribution < 1.29 is 14.3 Å². The average Bonchev–Trinajstić information content (AvgIpc) is 3.23. The van der Waals surface area contributed by atoms with Gasteiger partial charge in [-0.1, -0.05) is 12.1 Å². The Morgan fingerprint density at radius 3 is 2.33 bits per heavy atom. The minimum atomic E-state index is -0.0549. The fourth-order valence-electron chi connectivity index (χ4n) is 3.14. The molecule has 1 amide bonds. The van der Waals surface area contributed by atoms with E-state index in [-0.39, 0.29) is 30.2 Å². The zero-order valence-electron chi connectivity index (χ0n) is 15.2. The first-order valence-electron chi connectivity index (χ1n) is 9.07. The molecule has 1 aliphatic heterocycles. The third kappa shape index (κ3) is 5.42. The molecule has 6 nitrogen and oxygen atoms in total. The predicted molar refractivity (Wildman–Crippen MR) is 106 cm³/mol. The van der Waals surface area contributed by atoms with E-state index in [4.69, 9.17) is 10.5 Å². The first-order valence-corrected chi connectivity index (χ1v) is 9.07. The van der Waals surface area contributed by atoms with Crippen LogP contribution in [0.25, 0.3) is 0 Å². The number of amides is 1. The molecule has 3 rings (SSSR count). The maximum Gasteiger partial charge on any atom is 0.253 e. The van der Waals surface area contributed by atoms with E-state index >= 15 is 0 Å². The van der Waals surface area contributed by atoms with Gasteiger partial charge in [-0.25, -0.2) is 0 Å². The Labute approximate surface area is 165 Å². The molecule has 7 heteroatoms. The Morgan fingerprint density at radius 1 is 1.07 bits per heavy atom. The normalized spacial score (nSPS) is 14.6. The Hall–Kier alpha value is -2.15. The molecule has 0 aliphatic carbocycles. The van der Waals surface area contributed by atoms with E-state index in [9.17, 15) is 9.59 Å². The standard InChI is InChI=1S/C20H25N3O3.ClH/c21-9-1-13-26-18-7-11-23(12-8-18)20(25)16-4-2-15(3-5-16)19(24)17-6-10-22-14-17;/h2-6,10,14,18,22H,1,7-9,11-13,21H2;1H. The van der Waals surface area contributed by atoms with Gasteiger partial charge in [0.05, 0.1) is 6.10 Å². The van der Waals surface area contributed by atoms with Gasteiger partial charge in [0, 0.05) is 48.8 Å². The Balaban J connectivity index is 0.00000261. The molecular formula is C20H26ClN3O3. The number of carbonyl (C=O) groups is 2. The number of rotatable bonds is 7. The Bertz CT molecular complexity index is 723. The van der Waals surface area contributed by atoms with Crippen LogP contribution in [0.2, 0.25) is 0 Å². The summed E-state index contributed by atoms with van der Waals surface area (Å²) in [7, 11) is 0. The molecule has 0 bridgehead atoms. The van der Waals surface area contributed by atoms with E-state index in [1.807, 2.05) is 4.90 Å². The van der Waals surface area contributed by atoms with Crippen LogP contribution in [0.4, 0.5) is 0 Å². The van der Waals surface area contributed by atoms with Gasteiger partial charge >= 0.3 is 0 Å². The van der Waals surface area contributed by atoms with Crippen molar-refractivity contribution in [3.63, 3.8) is 0 Å². The van der Waals surface area contributed by atoms with Crippen molar-refractivity contribution in [2.24, 2.45) is 5.73 Å². The van der Waals surface area contributed by atoms with Gasteiger partial charge in [-0.2, -0.15) is 0 Å². The van der Waals surface area contributed by atoms with E-state index in [0.29, 0.717) is 42.9 Å². The number of nitrogens with zero attached hydrogens (tertiary/aromatic N) is 1. The van der Waals surface area contributed by atoms with Gasteiger partial charge in [-0.3, -0.25) is 9.59 Å². The zero-order chi connectivity index (χ0) is 18.4. The molecule has 3 N–H and O–H groups in total. The number of carbonyl (C=O) groups excluding carboxylic acids is 2. The number of ketones is 1. The van der Waals surface area contributed by atoms with Gasteiger partial charge in [-0.15, -0.1) is 12.4 Å². The van der Waals surface area contributed by atoms with Crippen molar-refractivity contribution in [3.05, 3.63) is 59.4 Å². The van der Waals surface area contributed by atoms with Crippen LogP contribution in [0, 0.1) is 0 Å². The van der Waals surface area contributed by atoms with Gasteiger partial charge in [-0.05, 0) is 44.0 Å². The Morgan fingerprint density at radius 2 is 1.74 bits per heavy atom. The summed E-state index contributed by atoms with van der Waals surface area (Å²) in [5.41, 5.74) is 7.27. The number of aromatic nitrogens is 1. The third-order valence-electron chi connectivity index (χ3n) is 4.69. The van der Waals surface area contributed by atoms with Gasteiger partial charge in [0.15, 0.2) is 5.78 Å².